The molecule has 0 bridgehead atoms. The summed E-state index contributed by atoms with van der Waals surface area (Å²) in [6.07, 6.45) is 0.588. The molecule has 0 fully saturated rings. The first-order chi connectivity index (χ1) is 14.3. The van der Waals surface area contributed by atoms with E-state index in [9.17, 15) is 9.59 Å². The molecule has 5 heteroatoms. The van der Waals surface area contributed by atoms with Crippen LogP contribution in [0, 0.1) is 20.8 Å². The molecular formula is C25H34N2O2S. The quantitative estimate of drug-likeness (QED) is 0.594. The summed E-state index contributed by atoms with van der Waals surface area (Å²) in [7, 11) is 0. The lowest BCUT2D eigenvalue weighted by molar-refractivity contribution is -0.139. The van der Waals surface area contributed by atoms with Crippen LogP contribution in [-0.2, 0) is 21.9 Å². The van der Waals surface area contributed by atoms with Crippen molar-refractivity contribution < 1.29 is 9.59 Å². The summed E-state index contributed by atoms with van der Waals surface area (Å²) in [5.74, 6) is 1.06. The summed E-state index contributed by atoms with van der Waals surface area (Å²) in [5.41, 5.74) is 5.92. The van der Waals surface area contributed by atoms with Crippen molar-refractivity contribution in [1.82, 2.24) is 10.2 Å². The van der Waals surface area contributed by atoms with E-state index in [4.69, 9.17) is 0 Å². The maximum atomic E-state index is 13.2. The minimum atomic E-state index is -0.458. The van der Waals surface area contributed by atoms with E-state index >= 15 is 0 Å². The molecule has 162 valence electrons. The van der Waals surface area contributed by atoms with Crippen molar-refractivity contribution in [3.8, 4) is 0 Å². The number of carbonyl (C=O) groups excluding carboxylic acids is 2. The molecule has 0 spiro atoms. The third-order valence-corrected chi connectivity index (χ3v) is 5.97. The van der Waals surface area contributed by atoms with Gasteiger partial charge in [-0.25, -0.2) is 0 Å². The number of hydrogen-bond acceptors (Lipinski definition) is 3. The number of nitrogens with one attached hydrogen (secondary N) is 1. The molecule has 0 saturated heterocycles. The Kier molecular flexibility index (Phi) is 9.44. The Bertz CT molecular complexity index is 828. The van der Waals surface area contributed by atoms with Gasteiger partial charge in [-0.1, -0.05) is 66.1 Å². The second kappa shape index (κ2) is 11.8. The molecule has 0 aliphatic heterocycles. The molecular weight excluding hydrogens is 392 g/mol. The van der Waals surface area contributed by atoms with Gasteiger partial charge in [-0.3, -0.25) is 9.59 Å². The number of likely N-dealkylation sites (N-methyl/N-ethyl adjacent to an activating group) is 1. The molecule has 4 nitrogen and oxygen atoms in total. The van der Waals surface area contributed by atoms with Gasteiger partial charge in [0.25, 0.3) is 0 Å². The van der Waals surface area contributed by atoms with Gasteiger partial charge < -0.3 is 10.2 Å². The van der Waals surface area contributed by atoms with E-state index < -0.39 is 6.04 Å². The van der Waals surface area contributed by atoms with E-state index in [0.29, 0.717) is 25.3 Å². The highest BCUT2D eigenvalue weighted by atomic mass is 32.2. The lowest BCUT2D eigenvalue weighted by atomic mass is 10.1. The van der Waals surface area contributed by atoms with E-state index in [1.165, 1.54) is 22.3 Å². The maximum Gasteiger partial charge on any atom is 0.242 e. The summed E-state index contributed by atoms with van der Waals surface area (Å²) in [5, 5.41) is 2.88. The Balaban J connectivity index is 2.11. The lowest BCUT2D eigenvalue weighted by Gasteiger charge is -2.30. The summed E-state index contributed by atoms with van der Waals surface area (Å²) in [4.78, 5) is 27.5. The molecule has 0 heterocycles. The Hall–Kier alpha value is -2.27. The predicted octanol–water partition coefficient (Wildman–Crippen LogP) is 4.79. The van der Waals surface area contributed by atoms with Gasteiger partial charge in [0.2, 0.25) is 11.8 Å². The van der Waals surface area contributed by atoms with E-state index in [0.717, 1.165) is 11.3 Å². The highest BCUT2D eigenvalue weighted by Crippen LogP contribution is 2.19. The van der Waals surface area contributed by atoms with Crippen LogP contribution in [0.5, 0.6) is 0 Å². The molecule has 1 N–H and O–H groups in total. The van der Waals surface area contributed by atoms with Gasteiger partial charge in [0.1, 0.15) is 6.04 Å². The molecule has 0 aliphatic rings. The molecule has 2 amide bonds. The zero-order valence-electron chi connectivity index (χ0n) is 18.8. The fraction of sp³-hybridized carbons (Fsp3) is 0.440. The van der Waals surface area contributed by atoms with E-state index in [2.05, 4.69) is 37.4 Å². The van der Waals surface area contributed by atoms with Crippen LogP contribution in [-0.4, -0.2) is 35.1 Å². The Morgan fingerprint density at radius 1 is 0.933 bits per heavy atom. The average Bonchev–Trinajstić information content (AvgIpc) is 2.68. The molecule has 0 aromatic heterocycles. The van der Waals surface area contributed by atoms with E-state index in [1.54, 1.807) is 16.7 Å². The molecule has 1 atom stereocenters. The van der Waals surface area contributed by atoms with Crippen LogP contribution in [0.15, 0.2) is 42.5 Å². The predicted molar refractivity (Wildman–Crippen MR) is 127 cm³/mol. The topological polar surface area (TPSA) is 49.4 Å². The number of hydrogen-bond donors (Lipinski definition) is 1. The van der Waals surface area contributed by atoms with E-state index in [1.807, 2.05) is 45.0 Å². The second-order valence-electron chi connectivity index (χ2n) is 7.81. The monoisotopic (exact) mass is 426 g/mol. The highest BCUT2D eigenvalue weighted by Gasteiger charge is 2.28. The van der Waals surface area contributed by atoms with Crippen molar-refractivity contribution in [2.75, 3.05) is 12.3 Å². The van der Waals surface area contributed by atoms with Crippen LogP contribution in [0.1, 0.15) is 48.1 Å². The molecule has 2 aromatic carbocycles. The number of thioether (sulfide) groups is 1. The molecule has 30 heavy (non-hydrogen) atoms. The second-order valence-corrected chi connectivity index (χ2v) is 8.80. The van der Waals surface area contributed by atoms with Crippen molar-refractivity contribution >= 4 is 23.6 Å². The Labute approximate surface area is 185 Å². The first-order valence-corrected chi connectivity index (χ1v) is 11.8. The Morgan fingerprint density at radius 2 is 1.57 bits per heavy atom. The molecule has 0 radical (unpaired) electrons. The summed E-state index contributed by atoms with van der Waals surface area (Å²) in [6.45, 7) is 11.1. The van der Waals surface area contributed by atoms with Crippen LogP contribution >= 0.6 is 11.8 Å². The number of amides is 2. The first-order valence-electron chi connectivity index (χ1n) is 10.6. The van der Waals surface area contributed by atoms with E-state index in [-0.39, 0.29) is 11.8 Å². The van der Waals surface area contributed by atoms with Gasteiger partial charge in [0, 0.05) is 18.8 Å². The summed E-state index contributed by atoms with van der Waals surface area (Å²) >= 11 is 1.60. The van der Waals surface area contributed by atoms with Gasteiger partial charge in [-0.2, -0.15) is 0 Å². The number of carbonyl (C=O) groups is 2. The van der Waals surface area contributed by atoms with Gasteiger partial charge in [-0.15, -0.1) is 11.8 Å². The zero-order chi connectivity index (χ0) is 22.1. The van der Waals surface area contributed by atoms with Crippen LogP contribution in [0.4, 0.5) is 0 Å². The summed E-state index contributed by atoms with van der Waals surface area (Å²) < 4.78 is 0. The van der Waals surface area contributed by atoms with Crippen LogP contribution in [0.25, 0.3) is 0 Å². The fourth-order valence-corrected chi connectivity index (χ4v) is 4.44. The zero-order valence-corrected chi connectivity index (χ0v) is 19.6. The van der Waals surface area contributed by atoms with Crippen molar-refractivity contribution in [3.05, 3.63) is 70.3 Å². The van der Waals surface area contributed by atoms with Crippen LogP contribution in [0.2, 0.25) is 0 Å². The Morgan fingerprint density at radius 3 is 2.13 bits per heavy atom. The molecule has 0 aliphatic carbocycles. The first kappa shape index (κ1) is 24.0. The minimum Gasteiger partial charge on any atom is -0.355 e. The number of nitrogens with zero attached hydrogens (tertiary/aromatic N) is 1. The maximum absolute atomic E-state index is 13.2. The lowest BCUT2D eigenvalue weighted by Crippen LogP contribution is -2.49. The van der Waals surface area contributed by atoms with Crippen molar-refractivity contribution in [3.63, 3.8) is 0 Å². The van der Waals surface area contributed by atoms with Crippen LogP contribution < -0.4 is 5.32 Å². The SMILES string of the molecule is CCNC(=O)C(CC)N(Cc1ccc(C)cc1)C(=O)CSCc1cc(C)cc(C)c1. The molecule has 1 unspecified atom stereocenters. The minimum absolute atomic E-state index is 0.00283. The van der Waals surface area contributed by atoms with Crippen LogP contribution in [0.3, 0.4) is 0 Å². The number of rotatable bonds is 10. The smallest absolute Gasteiger partial charge is 0.242 e. The number of benzene rings is 2. The fourth-order valence-electron chi connectivity index (χ4n) is 3.59. The van der Waals surface area contributed by atoms with Crippen molar-refractivity contribution in [2.24, 2.45) is 0 Å². The van der Waals surface area contributed by atoms with Gasteiger partial charge >= 0.3 is 0 Å². The standard InChI is InChI=1S/C25H34N2O2S/c1-6-23(25(29)26-7-2)27(15-21-10-8-18(3)9-11-21)24(28)17-30-16-22-13-19(4)12-20(5)14-22/h8-14,23H,6-7,15-17H2,1-5H3,(H,26,29). The van der Waals surface area contributed by atoms with Gasteiger partial charge in [0.15, 0.2) is 0 Å². The normalized spacial score (nSPS) is 11.8. The van der Waals surface area contributed by atoms with Gasteiger partial charge in [-0.05, 0) is 45.2 Å². The largest absolute Gasteiger partial charge is 0.355 e. The van der Waals surface area contributed by atoms with Crippen molar-refractivity contribution in [1.29, 1.82) is 0 Å². The third kappa shape index (κ3) is 7.21. The molecule has 2 aromatic rings. The molecule has 2 rings (SSSR count). The average molecular weight is 427 g/mol. The van der Waals surface area contributed by atoms with Gasteiger partial charge in [0.05, 0.1) is 5.75 Å². The molecule has 0 saturated carbocycles. The third-order valence-electron chi connectivity index (χ3n) is 4.99. The number of aryl methyl sites for hydroxylation is 3. The van der Waals surface area contributed by atoms with Crippen molar-refractivity contribution in [2.45, 2.75) is 59.4 Å². The summed E-state index contributed by atoms with van der Waals surface area (Å²) in [6, 6.07) is 14.2. The highest BCUT2D eigenvalue weighted by molar-refractivity contribution is 7.99.